The zero-order chi connectivity index (χ0) is 31.8. The van der Waals surface area contributed by atoms with Crippen molar-refractivity contribution in [3.8, 4) is 17.2 Å². The molecule has 11 heteroatoms. The fourth-order valence-corrected chi connectivity index (χ4v) is 6.89. The van der Waals surface area contributed by atoms with Gasteiger partial charge in [-0.15, -0.1) is 0 Å². The number of carbonyl (C=O) groups is 2. The fourth-order valence-electron chi connectivity index (χ4n) is 5.93. The molecule has 0 bridgehead atoms. The van der Waals surface area contributed by atoms with Crippen LogP contribution in [0.2, 0.25) is 0 Å². The van der Waals surface area contributed by atoms with E-state index in [1.54, 1.807) is 30.2 Å². The van der Waals surface area contributed by atoms with E-state index in [4.69, 9.17) is 14.2 Å². The minimum Gasteiger partial charge on any atom is -0.497 e. The van der Waals surface area contributed by atoms with Gasteiger partial charge < -0.3 is 24.4 Å². The Balaban J connectivity index is 1.39. The number of carbonyl (C=O) groups excluding carboxylic acids is 2. The van der Waals surface area contributed by atoms with Gasteiger partial charge in [-0.3, -0.25) is 13.9 Å². The molecule has 45 heavy (non-hydrogen) atoms. The average molecular weight is 636 g/mol. The molecule has 0 radical (unpaired) electrons. The zero-order valence-electron chi connectivity index (χ0n) is 25.8. The van der Waals surface area contributed by atoms with Crippen LogP contribution in [0, 0.1) is 0 Å². The summed E-state index contributed by atoms with van der Waals surface area (Å²) in [6.07, 6.45) is 5.77. The third-order valence-electron chi connectivity index (χ3n) is 8.26. The van der Waals surface area contributed by atoms with Crippen molar-refractivity contribution in [1.29, 1.82) is 0 Å². The van der Waals surface area contributed by atoms with Gasteiger partial charge in [0.1, 0.15) is 11.8 Å². The first kappa shape index (κ1) is 32.2. The second kappa shape index (κ2) is 14.7. The highest BCUT2D eigenvalue weighted by Crippen LogP contribution is 2.36. The van der Waals surface area contributed by atoms with Crippen molar-refractivity contribution in [3.63, 3.8) is 0 Å². The third-order valence-corrected chi connectivity index (χ3v) is 9.45. The predicted octanol–water partition coefficient (Wildman–Crippen LogP) is 4.67. The Bertz CT molecular complexity index is 1580. The molecule has 1 atom stereocenters. The Morgan fingerprint density at radius 1 is 0.956 bits per heavy atom. The largest absolute Gasteiger partial charge is 0.497 e. The number of nitrogens with one attached hydrogen (secondary N) is 1. The van der Waals surface area contributed by atoms with Gasteiger partial charge in [-0.25, -0.2) is 8.42 Å². The minimum atomic E-state index is -3.66. The molecule has 0 aromatic heterocycles. The van der Waals surface area contributed by atoms with Crippen molar-refractivity contribution in [2.45, 2.75) is 63.6 Å². The van der Waals surface area contributed by atoms with Crippen LogP contribution in [0.5, 0.6) is 17.2 Å². The van der Waals surface area contributed by atoms with E-state index in [0.29, 0.717) is 29.4 Å². The molecule has 1 heterocycles. The first-order valence-electron chi connectivity index (χ1n) is 15.4. The molecule has 5 rings (SSSR count). The van der Waals surface area contributed by atoms with E-state index in [0.717, 1.165) is 43.1 Å². The van der Waals surface area contributed by atoms with Crippen LogP contribution in [-0.4, -0.2) is 63.9 Å². The molecular weight excluding hydrogens is 594 g/mol. The van der Waals surface area contributed by atoms with Crippen molar-refractivity contribution in [1.82, 2.24) is 10.2 Å². The van der Waals surface area contributed by atoms with Crippen LogP contribution in [0.25, 0.3) is 0 Å². The van der Waals surface area contributed by atoms with Gasteiger partial charge in [0.05, 0.1) is 19.1 Å². The summed E-state index contributed by atoms with van der Waals surface area (Å²) in [5.41, 5.74) is 2.20. The summed E-state index contributed by atoms with van der Waals surface area (Å²) >= 11 is 0. The van der Waals surface area contributed by atoms with E-state index in [2.05, 4.69) is 5.32 Å². The SMILES string of the molecule is COc1cccc(CN(C(=O)CCCN(c2ccc3c(c2)OCO3)S(C)(=O)=O)C(Cc2ccccc2)C(=O)NC2CCCC2)c1. The second-order valence-electron chi connectivity index (χ2n) is 11.5. The van der Waals surface area contributed by atoms with Crippen LogP contribution in [0.4, 0.5) is 5.69 Å². The van der Waals surface area contributed by atoms with Crippen molar-refractivity contribution in [3.05, 3.63) is 83.9 Å². The van der Waals surface area contributed by atoms with Gasteiger partial charge in [-0.2, -0.15) is 0 Å². The summed E-state index contributed by atoms with van der Waals surface area (Å²) in [4.78, 5) is 29.7. The molecule has 0 saturated heterocycles. The zero-order valence-corrected chi connectivity index (χ0v) is 26.6. The molecule has 2 amide bonds. The monoisotopic (exact) mass is 635 g/mol. The lowest BCUT2D eigenvalue weighted by molar-refractivity contribution is -0.141. The van der Waals surface area contributed by atoms with E-state index < -0.39 is 16.1 Å². The molecule has 1 saturated carbocycles. The number of methoxy groups -OCH3 is 1. The summed E-state index contributed by atoms with van der Waals surface area (Å²) in [6.45, 7) is 0.353. The standard InChI is InChI=1S/C34H41N3O7S/c1-42-29-15-8-12-26(20-29)23-36(30(21-25-10-4-3-5-11-25)34(39)35-27-13-6-7-14-27)33(38)16-9-19-37(45(2,40)41)28-17-18-31-32(22-28)44-24-43-31/h3-5,8,10-12,15,17-18,20,22,27,30H,6-7,9,13-14,16,19,21,23-24H2,1-2H3,(H,35,39). The van der Waals surface area contributed by atoms with Crippen molar-refractivity contribution in [2.24, 2.45) is 0 Å². The van der Waals surface area contributed by atoms with E-state index in [1.165, 1.54) is 4.31 Å². The highest BCUT2D eigenvalue weighted by molar-refractivity contribution is 7.92. The average Bonchev–Trinajstić information content (AvgIpc) is 3.73. The topological polar surface area (TPSA) is 114 Å². The molecule has 3 aromatic carbocycles. The number of amides is 2. The van der Waals surface area contributed by atoms with Gasteiger partial charge in [0, 0.05) is 38.0 Å². The normalized spacial score (nSPS) is 15.0. The Morgan fingerprint density at radius 2 is 1.69 bits per heavy atom. The number of ether oxygens (including phenoxy) is 3. The van der Waals surface area contributed by atoms with Crippen molar-refractivity contribution >= 4 is 27.5 Å². The molecule has 1 fully saturated rings. The predicted molar refractivity (Wildman–Crippen MR) is 172 cm³/mol. The van der Waals surface area contributed by atoms with E-state index in [9.17, 15) is 18.0 Å². The smallest absolute Gasteiger partial charge is 0.243 e. The highest BCUT2D eigenvalue weighted by Gasteiger charge is 2.32. The molecule has 3 aromatic rings. The first-order chi connectivity index (χ1) is 21.7. The lowest BCUT2D eigenvalue weighted by Crippen LogP contribution is -2.52. The Labute approximate surface area is 265 Å². The highest BCUT2D eigenvalue weighted by atomic mass is 32.2. The lowest BCUT2D eigenvalue weighted by Gasteiger charge is -2.33. The van der Waals surface area contributed by atoms with Gasteiger partial charge in [-0.05, 0) is 54.7 Å². The Morgan fingerprint density at radius 3 is 2.42 bits per heavy atom. The third kappa shape index (κ3) is 8.48. The number of sulfonamides is 1. The second-order valence-corrected chi connectivity index (χ2v) is 13.5. The maximum atomic E-state index is 14.1. The van der Waals surface area contributed by atoms with Crippen molar-refractivity contribution < 1.29 is 32.2 Å². The molecule has 1 aliphatic carbocycles. The molecule has 1 N–H and O–H groups in total. The van der Waals surface area contributed by atoms with Crippen LogP contribution in [0.1, 0.15) is 49.7 Å². The number of rotatable bonds is 14. The van der Waals surface area contributed by atoms with Crippen LogP contribution in [0.15, 0.2) is 72.8 Å². The minimum absolute atomic E-state index is 0.0442. The van der Waals surface area contributed by atoms with E-state index >= 15 is 0 Å². The van der Waals surface area contributed by atoms with Gasteiger partial charge in [0.15, 0.2) is 11.5 Å². The van der Waals surface area contributed by atoms with Gasteiger partial charge >= 0.3 is 0 Å². The van der Waals surface area contributed by atoms with Crippen LogP contribution in [0.3, 0.4) is 0 Å². The lowest BCUT2D eigenvalue weighted by atomic mass is 10.0. The molecule has 1 unspecified atom stereocenters. The molecule has 0 spiro atoms. The number of benzene rings is 3. The quantitative estimate of drug-likeness (QED) is 0.274. The van der Waals surface area contributed by atoms with Crippen molar-refractivity contribution in [2.75, 3.05) is 31.0 Å². The molecule has 240 valence electrons. The van der Waals surface area contributed by atoms with Gasteiger partial charge in [0.25, 0.3) is 0 Å². The van der Waals surface area contributed by atoms with Crippen LogP contribution in [-0.2, 0) is 32.6 Å². The van der Waals surface area contributed by atoms with Crippen LogP contribution >= 0.6 is 0 Å². The summed E-state index contributed by atoms with van der Waals surface area (Å²) in [5, 5.41) is 3.21. The summed E-state index contributed by atoms with van der Waals surface area (Å²) in [7, 11) is -2.07. The number of hydrogen-bond donors (Lipinski definition) is 1. The fraction of sp³-hybridized carbons (Fsp3) is 0.412. The molecule has 10 nitrogen and oxygen atoms in total. The van der Waals surface area contributed by atoms with Gasteiger partial charge in [0.2, 0.25) is 28.6 Å². The first-order valence-corrected chi connectivity index (χ1v) is 17.2. The molecular formula is C34H41N3O7S. The van der Waals surface area contributed by atoms with Crippen LogP contribution < -0.4 is 23.8 Å². The maximum Gasteiger partial charge on any atom is 0.243 e. The molecule has 2 aliphatic rings. The summed E-state index contributed by atoms with van der Waals surface area (Å²) in [5.74, 6) is 1.26. The Hall–Kier alpha value is -4.25. The van der Waals surface area contributed by atoms with E-state index in [1.807, 2.05) is 54.6 Å². The van der Waals surface area contributed by atoms with E-state index in [-0.39, 0.29) is 50.6 Å². The number of fused-ring (bicyclic) bond motifs is 1. The Kier molecular flexibility index (Phi) is 10.5. The number of anilines is 1. The number of hydrogen-bond acceptors (Lipinski definition) is 7. The summed E-state index contributed by atoms with van der Waals surface area (Å²) in [6, 6.07) is 21.4. The summed E-state index contributed by atoms with van der Waals surface area (Å²) < 4.78 is 43.1. The number of nitrogens with zero attached hydrogens (tertiary/aromatic N) is 2. The maximum absolute atomic E-state index is 14.1. The molecule has 1 aliphatic heterocycles. The van der Waals surface area contributed by atoms with Gasteiger partial charge in [-0.1, -0.05) is 55.3 Å².